The average Bonchev–Trinajstić information content (AvgIpc) is 3.12. The van der Waals surface area contributed by atoms with E-state index in [1.165, 1.54) is 4.90 Å². The molecule has 6 heteroatoms. The van der Waals surface area contributed by atoms with Crippen LogP contribution in [0.5, 0.6) is 5.75 Å². The number of nitrogens with zero attached hydrogens (tertiary/aromatic N) is 3. The second-order valence-corrected chi connectivity index (χ2v) is 8.35. The lowest BCUT2D eigenvalue weighted by Crippen LogP contribution is -2.34. The summed E-state index contributed by atoms with van der Waals surface area (Å²) >= 11 is 0. The summed E-state index contributed by atoms with van der Waals surface area (Å²) in [4.78, 5) is 32.5. The summed E-state index contributed by atoms with van der Waals surface area (Å²) in [5, 5.41) is 0. The van der Waals surface area contributed by atoms with E-state index in [1.54, 1.807) is 11.0 Å². The Morgan fingerprint density at radius 3 is 2.12 bits per heavy atom. The van der Waals surface area contributed by atoms with Crippen LogP contribution in [-0.2, 0) is 9.59 Å². The Kier molecular flexibility index (Phi) is 6.68. The molecule has 0 spiro atoms. The van der Waals surface area contributed by atoms with Crippen molar-refractivity contribution in [2.24, 2.45) is 0 Å². The van der Waals surface area contributed by atoms with Crippen LogP contribution in [0.4, 0.5) is 17.1 Å². The topological polar surface area (TPSA) is 53.1 Å². The van der Waals surface area contributed by atoms with Gasteiger partial charge in [-0.3, -0.25) is 9.59 Å². The van der Waals surface area contributed by atoms with Gasteiger partial charge in [0.25, 0.3) is 11.8 Å². The molecule has 174 valence electrons. The summed E-state index contributed by atoms with van der Waals surface area (Å²) in [6.07, 6.45) is 0.910. The molecule has 0 fully saturated rings. The first-order chi connectivity index (χ1) is 16.4. The third-order valence-electron chi connectivity index (χ3n) is 5.76. The van der Waals surface area contributed by atoms with Gasteiger partial charge in [-0.15, -0.1) is 0 Å². The minimum Gasteiger partial charge on any atom is -0.494 e. The molecule has 4 rings (SSSR count). The zero-order valence-electron chi connectivity index (χ0n) is 20.0. The Labute approximate surface area is 200 Å². The Hall–Kier alpha value is -4.06. The lowest BCUT2D eigenvalue weighted by atomic mass is 10.0. The van der Waals surface area contributed by atoms with E-state index in [0.717, 1.165) is 23.5 Å². The normalized spacial score (nSPS) is 13.5. The van der Waals surface area contributed by atoms with Crippen molar-refractivity contribution >= 4 is 34.4 Å². The van der Waals surface area contributed by atoms with Gasteiger partial charge in [0, 0.05) is 32.5 Å². The standard InChI is InChI=1S/C28H29N3O3/c1-5-18-34-24-16-14-20(15-17-24)25-26(30(4)21-10-7-6-8-11-21)28(33)31(27(25)32)23-13-9-12-22(19-23)29(2)3/h6-17,19H,5,18H2,1-4H3. The van der Waals surface area contributed by atoms with Crippen LogP contribution in [0.1, 0.15) is 18.9 Å². The molecule has 0 bridgehead atoms. The van der Waals surface area contributed by atoms with Gasteiger partial charge >= 0.3 is 0 Å². The molecular formula is C28H29N3O3. The zero-order valence-corrected chi connectivity index (χ0v) is 20.0. The number of amides is 2. The van der Waals surface area contributed by atoms with Crippen LogP contribution in [0.15, 0.2) is 84.6 Å². The lowest BCUT2D eigenvalue weighted by Gasteiger charge is -2.22. The highest BCUT2D eigenvalue weighted by atomic mass is 16.5. The van der Waals surface area contributed by atoms with Crippen LogP contribution in [0.2, 0.25) is 0 Å². The molecule has 0 atom stereocenters. The van der Waals surface area contributed by atoms with Crippen molar-refractivity contribution in [1.82, 2.24) is 0 Å². The molecule has 0 aliphatic carbocycles. The zero-order chi connectivity index (χ0) is 24.2. The lowest BCUT2D eigenvalue weighted by molar-refractivity contribution is -0.120. The van der Waals surface area contributed by atoms with Gasteiger partial charge in [0.2, 0.25) is 0 Å². The van der Waals surface area contributed by atoms with E-state index >= 15 is 0 Å². The molecule has 0 aromatic heterocycles. The molecule has 0 saturated carbocycles. The van der Waals surface area contributed by atoms with Gasteiger partial charge in [0.15, 0.2) is 0 Å². The van der Waals surface area contributed by atoms with Crippen molar-refractivity contribution < 1.29 is 14.3 Å². The largest absolute Gasteiger partial charge is 0.494 e. The van der Waals surface area contributed by atoms with Crippen LogP contribution in [-0.4, -0.2) is 39.6 Å². The fourth-order valence-corrected chi connectivity index (χ4v) is 3.95. The maximum atomic E-state index is 13.8. The number of carbonyl (C=O) groups excluding carboxylic acids is 2. The smallest absolute Gasteiger partial charge is 0.282 e. The summed E-state index contributed by atoms with van der Waals surface area (Å²) < 4.78 is 5.70. The fourth-order valence-electron chi connectivity index (χ4n) is 3.95. The number of rotatable bonds is 8. The van der Waals surface area contributed by atoms with E-state index in [-0.39, 0.29) is 11.8 Å². The molecule has 34 heavy (non-hydrogen) atoms. The van der Waals surface area contributed by atoms with Gasteiger partial charge in [0.05, 0.1) is 17.9 Å². The summed E-state index contributed by atoms with van der Waals surface area (Å²) in [6, 6.07) is 24.3. The SMILES string of the molecule is CCCOc1ccc(C2=C(N(C)c3ccccc3)C(=O)N(c3cccc(N(C)C)c3)C2=O)cc1. The maximum absolute atomic E-state index is 13.8. The molecule has 1 heterocycles. The molecule has 2 amide bonds. The summed E-state index contributed by atoms with van der Waals surface area (Å²) in [5.74, 6) is 0.0333. The molecule has 0 radical (unpaired) electrons. The Morgan fingerprint density at radius 1 is 0.794 bits per heavy atom. The molecule has 3 aromatic rings. The van der Waals surface area contributed by atoms with Gasteiger partial charge in [-0.2, -0.15) is 0 Å². The number of imide groups is 1. The highest BCUT2D eigenvalue weighted by Crippen LogP contribution is 2.37. The van der Waals surface area contributed by atoms with E-state index in [9.17, 15) is 9.59 Å². The molecule has 0 N–H and O–H groups in total. The number of likely N-dealkylation sites (N-methyl/N-ethyl adjacent to an activating group) is 1. The minimum absolute atomic E-state index is 0.341. The number of carbonyl (C=O) groups is 2. The Morgan fingerprint density at radius 2 is 1.47 bits per heavy atom. The number of hydrogen-bond acceptors (Lipinski definition) is 5. The minimum atomic E-state index is -0.353. The van der Waals surface area contributed by atoms with Crippen molar-refractivity contribution in [1.29, 1.82) is 0 Å². The van der Waals surface area contributed by atoms with Gasteiger partial charge in [-0.25, -0.2) is 4.90 Å². The van der Waals surface area contributed by atoms with Crippen molar-refractivity contribution in [3.05, 3.63) is 90.1 Å². The van der Waals surface area contributed by atoms with Crippen molar-refractivity contribution in [3.63, 3.8) is 0 Å². The van der Waals surface area contributed by atoms with Crippen molar-refractivity contribution in [2.45, 2.75) is 13.3 Å². The number of ether oxygens (including phenoxy) is 1. The molecule has 0 unspecified atom stereocenters. The first-order valence-electron chi connectivity index (χ1n) is 11.3. The average molecular weight is 456 g/mol. The fraction of sp³-hybridized carbons (Fsp3) is 0.214. The number of para-hydroxylation sites is 1. The van der Waals surface area contributed by atoms with Crippen molar-refractivity contribution in [2.75, 3.05) is 42.4 Å². The van der Waals surface area contributed by atoms with Gasteiger partial charge in [0.1, 0.15) is 11.4 Å². The predicted molar refractivity (Wildman–Crippen MR) is 137 cm³/mol. The highest BCUT2D eigenvalue weighted by Gasteiger charge is 2.42. The van der Waals surface area contributed by atoms with Crippen LogP contribution in [0.25, 0.3) is 5.57 Å². The monoisotopic (exact) mass is 455 g/mol. The van der Waals surface area contributed by atoms with Gasteiger partial charge < -0.3 is 14.5 Å². The Bertz CT molecular complexity index is 1220. The van der Waals surface area contributed by atoms with Crippen LogP contribution >= 0.6 is 0 Å². The summed E-state index contributed by atoms with van der Waals surface area (Å²) in [6.45, 7) is 2.67. The number of anilines is 3. The Balaban J connectivity index is 1.81. The molecule has 6 nitrogen and oxygen atoms in total. The summed E-state index contributed by atoms with van der Waals surface area (Å²) in [7, 11) is 5.66. The maximum Gasteiger partial charge on any atom is 0.282 e. The van der Waals surface area contributed by atoms with Crippen LogP contribution in [0.3, 0.4) is 0 Å². The van der Waals surface area contributed by atoms with E-state index in [0.29, 0.717) is 29.1 Å². The first kappa shape index (κ1) is 23.1. The van der Waals surface area contributed by atoms with Gasteiger partial charge in [-0.1, -0.05) is 43.3 Å². The number of hydrogen-bond donors (Lipinski definition) is 0. The second-order valence-electron chi connectivity index (χ2n) is 8.35. The molecule has 3 aromatic carbocycles. The second kappa shape index (κ2) is 9.83. The molecule has 1 aliphatic rings. The van der Waals surface area contributed by atoms with E-state index < -0.39 is 0 Å². The van der Waals surface area contributed by atoms with E-state index in [4.69, 9.17) is 4.74 Å². The van der Waals surface area contributed by atoms with E-state index in [2.05, 4.69) is 0 Å². The first-order valence-corrected chi connectivity index (χ1v) is 11.3. The van der Waals surface area contributed by atoms with Gasteiger partial charge in [-0.05, 0) is 54.4 Å². The van der Waals surface area contributed by atoms with E-state index in [1.807, 2.05) is 106 Å². The molecule has 1 aliphatic heterocycles. The highest BCUT2D eigenvalue weighted by molar-refractivity contribution is 6.46. The number of benzene rings is 3. The molecule has 0 saturated heterocycles. The van der Waals surface area contributed by atoms with Crippen LogP contribution < -0.4 is 19.4 Å². The predicted octanol–water partition coefficient (Wildman–Crippen LogP) is 4.96. The third-order valence-corrected chi connectivity index (χ3v) is 5.76. The molecular weight excluding hydrogens is 426 g/mol. The summed E-state index contributed by atoms with van der Waals surface area (Å²) in [5.41, 5.74) is 3.65. The van der Waals surface area contributed by atoms with Crippen LogP contribution in [0, 0.1) is 0 Å². The van der Waals surface area contributed by atoms with Crippen molar-refractivity contribution in [3.8, 4) is 5.75 Å². The quantitative estimate of drug-likeness (QED) is 0.449. The third kappa shape index (κ3) is 4.39.